The van der Waals surface area contributed by atoms with Gasteiger partial charge in [0.1, 0.15) is 5.82 Å². The standard InChI is InChI=1S/C20H31FN4O.HI/c1-4-22-19(23-12-6-14-25-13-5-7-18(25)26)24-15-20(2,3)16-8-10-17(21)11-9-16;/h8-11H,4-7,12-15H2,1-3H3,(H2,22,23,24);1H. The number of guanidine groups is 1. The summed E-state index contributed by atoms with van der Waals surface area (Å²) in [5, 5.41) is 6.58. The summed E-state index contributed by atoms with van der Waals surface area (Å²) in [5.74, 6) is 0.821. The molecule has 1 aromatic rings. The number of carbonyl (C=O) groups excluding carboxylic acids is 1. The van der Waals surface area contributed by atoms with Gasteiger partial charge in [-0.05, 0) is 37.5 Å². The van der Waals surface area contributed by atoms with Gasteiger partial charge in [-0.3, -0.25) is 9.79 Å². The fourth-order valence-electron chi connectivity index (χ4n) is 3.03. The highest BCUT2D eigenvalue weighted by molar-refractivity contribution is 14.0. The Kier molecular flexibility index (Phi) is 10.0. The van der Waals surface area contributed by atoms with Crippen LogP contribution in [0, 0.1) is 5.82 Å². The Morgan fingerprint density at radius 3 is 2.56 bits per heavy atom. The molecule has 1 aliphatic rings. The highest BCUT2D eigenvalue weighted by Crippen LogP contribution is 2.23. The molecule has 1 fully saturated rings. The van der Waals surface area contributed by atoms with Crippen LogP contribution in [-0.2, 0) is 10.2 Å². The lowest BCUT2D eigenvalue weighted by Crippen LogP contribution is -2.40. The molecular weight excluding hydrogens is 458 g/mol. The topological polar surface area (TPSA) is 56.7 Å². The van der Waals surface area contributed by atoms with Gasteiger partial charge in [0, 0.05) is 38.0 Å². The third kappa shape index (κ3) is 7.63. The highest BCUT2D eigenvalue weighted by Gasteiger charge is 2.21. The summed E-state index contributed by atoms with van der Waals surface area (Å²) in [7, 11) is 0. The molecule has 1 aromatic carbocycles. The van der Waals surface area contributed by atoms with Gasteiger partial charge in [0.2, 0.25) is 5.91 Å². The van der Waals surface area contributed by atoms with Crippen molar-refractivity contribution >= 4 is 35.8 Å². The molecule has 5 nitrogen and oxygen atoms in total. The van der Waals surface area contributed by atoms with Crippen LogP contribution < -0.4 is 10.6 Å². The van der Waals surface area contributed by atoms with E-state index in [0.717, 1.165) is 50.5 Å². The van der Waals surface area contributed by atoms with Crippen LogP contribution in [0.1, 0.15) is 45.6 Å². The molecule has 7 heteroatoms. The summed E-state index contributed by atoms with van der Waals surface area (Å²) >= 11 is 0. The van der Waals surface area contributed by atoms with E-state index in [1.807, 2.05) is 24.0 Å². The molecule has 0 aliphatic carbocycles. The van der Waals surface area contributed by atoms with Gasteiger partial charge in [-0.15, -0.1) is 24.0 Å². The zero-order valence-corrected chi connectivity index (χ0v) is 18.9. The van der Waals surface area contributed by atoms with Crippen LogP contribution in [0.5, 0.6) is 0 Å². The van der Waals surface area contributed by atoms with E-state index in [9.17, 15) is 9.18 Å². The number of rotatable bonds is 8. The average Bonchev–Trinajstić information content (AvgIpc) is 3.02. The Labute approximate surface area is 179 Å². The predicted octanol–water partition coefficient (Wildman–Crippen LogP) is 3.29. The van der Waals surface area contributed by atoms with Crippen LogP contribution in [0.4, 0.5) is 4.39 Å². The number of hydrogen-bond acceptors (Lipinski definition) is 2. The van der Waals surface area contributed by atoms with Gasteiger partial charge in [-0.1, -0.05) is 26.0 Å². The summed E-state index contributed by atoms with van der Waals surface area (Å²) in [5.41, 5.74) is 0.879. The summed E-state index contributed by atoms with van der Waals surface area (Å²) < 4.78 is 13.1. The minimum atomic E-state index is -0.223. The van der Waals surface area contributed by atoms with Crippen molar-refractivity contribution in [3.63, 3.8) is 0 Å². The molecule has 0 bridgehead atoms. The van der Waals surface area contributed by atoms with Gasteiger partial charge in [-0.25, -0.2) is 4.39 Å². The fraction of sp³-hybridized carbons (Fsp3) is 0.600. The summed E-state index contributed by atoms with van der Waals surface area (Å²) in [6, 6.07) is 6.62. The van der Waals surface area contributed by atoms with E-state index in [1.54, 1.807) is 0 Å². The van der Waals surface area contributed by atoms with Crippen molar-refractivity contribution < 1.29 is 9.18 Å². The lowest BCUT2D eigenvalue weighted by atomic mass is 9.85. The van der Waals surface area contributed by atoms with Crippen LogP contribution in [0.15, 0.2) is 29.3 Å². The second-order valence-electron chi connectivity index (χ2n) is 7.35. The normalized spacial score (nSPS) is 14.9. The van der Waals surface area contributed by atoms with Gasteiger partial charge >= 0.3 is 0 Å². The lowest BCUT2D eigenvalue weighted by Gasteiger charge is -2.24. The van der Waals surface area contributed by atoms with Crippen molar-refractivity contribution in [2.24, 2.45) is 4.99 Å². The van der Waals surface area contributed by atoms with Crippen molar-refractivity contribution in [1.29, 1.82) is 0 Å². The molecule has 2 rings (SSSR count). The fourth-order valence-corrected chi connectivity index (χ4v) is 3.03. The molecule has 1 aliphatic heterocycles. The predicted molar refractivity (Wildman–Crippen MR) is 119 cm³/mol. The minimum absolute atomic E-state index is 0. The van der Waals surface area contributed by atoms with Gasteiger partial charge in [-0.2, -0.15) is 0 Å². The molecule has 27 heavy (non-hydrogen) atoms. The number of aliphatic imine (C=N–C) groups is 1. The number of hydrogen-bond donors (Lipinski definition) is 2. The Morgan fingerprint density at radius 2 is 1.96 bits per heavy atom. The summed E-state index contributed by atoms with van der Waals surface area (Å²) in [6.07, 6.45) is 2.57. The van der Waals surface area contributed by atoms with Crippen LogP contribution in [0.2, 0.25) is 0 Å². The summed E-state index contributed by atoms with van der Waals surface area (Å²) in [4.78, 5) is 18.2. The average molecular weight is 490 g/mol. The second kappa shape index (κ2) is 11.5. The Hall–Kier alpha value is -1.38. The van der Waals surface area contributed by atoms with E-state index >= 15 is 0 Å². The third-order valence-corrected chi connectivity index (χ3v) is 4.67. The van der Waals surface area contributed by atoms with Crippen molar-refractivity contribution in [2.75, 3.05) is 32.7 Å². The van der Waals surface area contributed by atoms with E-state index in [-0.39, 0.29) is 41.1 Å². The molecule has 0 spiro atoms. The molecule has 0 radical (unpaired) electrons. The van der Waals surface area contributed by atoms with E-state index in [1.165, 1.54) is 12.1 Å². The first kappa shape index (κ1) is 23.7. The molecule has 1 saturated heterocycles. The minimum Gasteiger partial charge on any atom is -0.357 e. The molecule has 0 unspecified atom stereocenters. The van der Waals surface area contributed by atoms with Crippen molar-refractivity contribution in [2.45, 2.75) is 45.4 Å². The maximum Gasteiger partial charge on any atom is 0.222 e. The quantitative estimate of drug-likeness (QED) is 0.255. The largest absolute Gasteiger partial charge is 0.357 e. The number of nitrogens with one attached hydrogen (secondary N) is 2. The van der Waals surface area contributed by atoms with Crippen molar-refractivity contribution in [3.05, 3.63) is 35.6 Å². The lowest BCUT2D eigenvalue weighted by molar-refractivity contribution is -0.127. The van der Waals surface area contributed by atoms with Gasteiger partial charge in [0.15, 0.2) is 5.96 Å². The maximum atomic E-state index is 13.1. The monoisotopic (exact) mass is 490 g/mol. The molecule has 152 valence electrons. The second-order valence-corrected chi connectivity index (χ2v) is 7.35. The van der Waals surface area contributed by atoms with Gasteiger partial charge in [0.25, 0.3) is 0 Å². The SMILES string of the molecule is CCNC(=NCC(C)(C)c1ccc(F)cc1)NCCCN1CCCC1=O.I. The first-order valence-corrected chi connectivity index (χ1v) is 9.48. The highest BCUT2D eigenvalue weighted by atomic mass is 127. The number of benzene rings is 1. The van der Waals surface area contributed by atoms with E-state index in [4.69, 9.17) is 0 Å². The number of halogens is 2. The van der Waals surface area contributed by atoms with E-state index in [0.29, 0.717) is 13.0 Å². The van der Waals surface area contributed by atoms with Crippen molar-refractivity contribution in [3.8, 4) is 0 Å². The van der Waals surface area contributed by atoms with E-state index in [2.05, 4.69) is 29.5 Å². The van der Waals surface area contributed by atoms with E-state index < -0.39 is 0 Å². The maximum absolute atomic E-state index is 13.1. The molecule has 1 amide bonds. The number of nitrogens with zero attached hydrogens (tertiary/aromatic N) is 2. The Balaban J connectivity index is 0.00000364. The van der Waals surface area contributed by atoms with Crippen LogP contribution in [-0.4, -0.2) is 49.5 Å². The first-order chi connectivity index (χ1) is 12.4. The molecular formula is C20H32FIN4O. The van der Waals surface area contributed by atoms with Crippen LogP contribution in [0.25, 0.3) is 0 Å². The number of amides is 1. The Morgan fingerprint density at radius 1 is 1.26 bits per heavy atom. The summed E-state index contributed by atoms with van der Waals surface area (Å²) in [6.45, 7) is 10.1. The molecule has 0 aromatic heterocycles. The Bertz CT molecular complexity index is 619. The van der Waals surface area contributed by atoms with Crippen molar-refractivity contribution in [1.82, 2.24) is 15.5 Å². The zero-order valence-electron chi connectivity index (χ0n) is 16.6. The smallest absolute Gasteiger partial charge is 0.222 e. The van der Waals surface area contributed by atoms with Gasteiger partial charge < -0.3 is 15.5 Å². The number of carbonyl (C=O) groups is 1. The zero-order chi connectivity index (χ0) is 19.0. The molecule has 2 N–H and O–H groups in total. The molecule has 0 saturated carbocycles. The molecule has 0 atom stereocenters. The first-order valence-electron chi connectivity index (χ1n) is 9.48. The van der Waals surface area contributed by atoms with Crippen LogP contribution >= 0.6 is 24.0 Å². The van der Waals surface area contributed by atoms with Crippen LogP contribution in [0.3, 0.4) is 0 Å². The number of likely N-dealkylation sites (tertiary alicyclic amines) is 1. The molecule has 1 heterocycles. The third-order valence-electron chi connectivity index (χ3n) is 4.67. The van der Waals surface area contributed by atoms with Gasteiger partial charge in [0.05, 0.1) is 6.54 Å².